The standard InChI is InChI=1S/C13H16N6/c1-3-10-7-13(19-12(16-10)4-5-15-19)14-8-11-6-9(2)17-18-11/h4-7,14H,3,8H2,1-2H3,(H,17,18). The van der Waals surface area contributed by atoms with E-state index in [0.29, 0.717) is 6.54 Å². The molecule has 0 saturated carbocycles. The van der Waals surface area contributed by atoms with Crippen LogP contribution in [0.5, 0.6) is 0 Å². The third-order valence-corrected chi connectivity index (χ3v) is 2.98. The second-order valence-electron chi connectivity index (χ2n) is 4.48. The van der Waals surface area contributed by atoms with Crippen molar-refractivity contribution in [2.24, 2.45) is 0 Å². The molecule has 0 bridgehead atoms. The van der Waals surface area contributed by atoms with Crippen molar-refractivity contribution in [3.63, 3.8) is 0 Å². The first-order chi connectivity index (χ1) is 9.26. The average Bonchev–Trinajstić information content (AvgIpc) is 3.04. The molecule has 0 aliphatic carbocycles. The Kier molecular flexibility index (Phi) is 2.91. The Morgan fingerprint density at radius 1 is 1.32 bits per heavy atom. The van der Waals surface area contributed by atoms with E-state index in [2.05, 4.69) is 32.5 Å². The zero-order valence-electron chi connectivity index (χ0n) is 11.0. The number of aromatic amines is 1. The number of aromatic nitrogens is 5. The summed E-state index contributed by atoms with van der Waals surface area (Å²) in [5.41, 5.74) is 3.95. The molecule has 0 aromatic carbocycles. The highest BCUT2D eigenvalue weighted by Gasteiger charge is 2.06. The Hall–Kier alpha value is -2.37. The second kappa shape index (κ2) is 4.72. The van der Waals surface area contributed by atoms with Gasteiger partial charge in [0, 0.05) is 23.5 Å². The van der Waals surface area contributed by atoms with Crippen molar-refractivity contribution in [3.8, 4) is 0 Å². The minimum absolute atomic E-state index is 0.659. The van der Waals surface area contributed by atoms with E-state index < -0.39 is 0 Å². The fourth-order valence-corrected chi connectivity index (χ4v) is 2.02. The van der Waals surface area contributed by atoms with Crippen LogP contribution in [0.25, 0.3) is 5.65 Å². The van der Waals surface area contributed by atoms with Gasteiger partial charge in [-0.1, -0.05) is 6.92 Å². The summed E-state index contributed by atoms with van der Waals surface area (Å²) < 4.78 is 1.80. The molecule has 6 nitrogen and oxygen atoms in total. The largest absolute Gasteiger partial charge is 0.364 e. The maximum atomic E-state index is 4.51. The van der Waals surface area contributed by atoms with Gasteiger partial charge in [0.25, 0.3) is 0 Å². The van der Waals surface area contributed by atoms with Crippen molar-refractivity contribution in [1.29, 1.82) is 0 Å². The Labute approximate surface area is 110 Å². The van der Waals surface area contributed by atoms with Crippen LogP contribution >= 0.6 is 0 Å². The van der Waals surface area contributed by atoms with Gasteiger partial charge in [-0.2, -0.15) is 14.7 Å². The monoisotopic (exact) mass is 256 g/mol. The van der Waals surface area contributed by atoms with Crippen LogP contribution in [0, 0.1) is 6.92 Å². The van der Waals surface area contributed by atoms with Crippen LogP contribution in [0.2, 0.25) is 0 Å². The summed E-state index contributed by atoms with van der Waals surface area (Å²) in [5.74, 6) is 0.938. The van der Waals surface area contributed by atoms with Crippen LogP contribution in [0.15, 0.2) is 24.4 Å². The number of hydrogen-bond donors (Lipinski definition) is 2. The molecular weight excluding hydrogens is 240 g/mol. The van der Waals surface area contributed by atoms with Gasteiger partial charge in [0.15, 0.2) is 5.65 Å². The van der Waals surface area contributed by atoms with Crippen molar-refractivity contribution in [3.05, 3.63) is 41.5 Å². The maximum absolute atomic E-state index is 4.51. The number of aryl methyl sites for hydroxylation is 2. The van der Waals surface area contributed by atoms with E-state index in [1.54, 1.807) is 10.7 Å². The third kappa shape index (κ3) is 2.29. The molecule has 3 heterocycles. The highest BCUT2D eigenvalue weighted by Crippen LogP contribution is 2.13. The molecule has 0 saturated heterocycles. The van der Waals surface area contributed by atoms with Crippen LogP contribution < -0.4 is 5.32 Å². The summed E-state index contributed by atoms with van der Waals surface area (Å²) in [6.45, 7) is 4.74. The lowest BCUT2D eigenvalue weighted by Gasteiger charge is -2.08. The number of anilines is 1. The lowest BCUT2D eigenvalue weighted by Crippen LogP contribution is -2.07. The summed E-state index contributed by atoms with van der Waals surface area (Å²) in [6, 6.07) is 5.96. The first-order valence-corrected chi connectivity index (χ1v) is 6.34. The van der Waals surface area contributed by atoms with E-state index in [-0.39, 0.29) is 0 Å². The predicted molar refractivity (Wildman–Crippen MR) is 73.0 cm³/mol. The quantitative estimate of drug-likeness (QED) is 0.748. The molecule has 0 fully saturated rings. The topological polar surface area (TPSA) is 70.9 Å². The van der Waals surface area contributed by atoms with Gasteiger partial charge in [0.05, 0.1) is 18.4 Å². The van der Waals surface area contributed by atoms with Crippen molar-refractivity contribution in [2.75, 3.05) is 5.32 Å². The van der Waals surface area contributed by atoms with E-state index >= 15 is 0 Å². The fraction of sp³-hybridized carbons (Fsp3) is 0.308. The number of nitrogens with zero attached hydrogens (tertiary/aromatic N) is 4. The van der Waals surface area contributed by atoms with Crippen molar-refractivity contribution in [1.82, 2.24) is 24.8 Å². The molecule has 0 unspecified atom stereocenters. The molecule has 3 rings (SSSR count). The van der Waals surface area contributed by atoms with E-state index in [1.165, 1.54) is 0 Å². The second-order valence-corrected chi connectivity index (χ2v) is 4.48. The summed E-state index contributed by atoms with van der Waals surface area (Å²) >= 11 is 0. The Balaban J connectivity index is 1.88. The molecule has 3 aromatic heterocycles. The van der Waals surface area contributed by atoms with Gasteiger partial charge < -0.3 is 5.32 Å². The SMILES string of the molecule is CCc1cc(NCc2cc(C)[nH]n2)n2nccc2n1. The molecule has 98 valence electrons. The molecule has 3 aromatic rings. The van der Waals surface area contributed by atoms with Gasteiger partial charge in [-0.15, -0.1) is 0 Å². The lowest BCUT2D eigenvalue weighted by molar-refractivity contribution is 0.891. The molecule has 0 aliphatic rings. The minimum atomic E-state index is 0.659. The number of hydrogen-bond acceptors (Lipinski definition) is 4. The van der Waals surface area contributed by atoms with Gasteiger partial charge in [-0.25, -0.2) is 4.98 Å². The summed E-state index contributed by atoms with van der Waals surface area (Å²) in [6.07, 6.45) is 2.66. The van der Waals surface area contributed by atoms with E-state index in [0.717, 1.165) is 35.0 Å². The molecule has 0 aliphatic heterocycles. The number of nitrogens with one attached hydrogen (secondary N) is 2. The van der Waals surface area contributed by atoms with Crippen LogP contribution in [-0.4, -0.2) is 24.8 Å². The molecule has 6 heteroatoms. The molecule has 19 heavy (non-hydrogen) atoms. The summed E-state index contributed by atoms with van der Waals surface area (Å²) in [7, 11) is 0. The number of fused-ring (bicyclic) bond motifs is 1. The Bertz CT molecular complexity index is 696. The van der Waals surface area contributed by atoms with E-state index in [1.807, 2.05) is 25.1 Å². The summed E-state index contributed by atoms with van der Waals surface area (Å²) in [4.78, 5) is 4.51. The van der Waals surface area contributed by atoms with Crippen molar-refractivity contribution >= 4 is 11.5 Å². The van der Waals surface area contributed by atoms with E-state index in [9.17, 15) is 0 Å². The van der Waals surface area contributed by atoms with Crippen molar-refractivity contribution in [2.45, 2.75) is 26.8 Å². The third-order valence-electron chi connectivity index (χ3n) is 2.98. The van der Waals surface area contributed by atoms with Crippen molar-refractivity contribution < 1.29 is 0 Å². The fourth-order valence-electron chi connectivity index (χ4n) is 2.02. The highest BCUT2D eigenvalue weighted by atomic mass is 15.3. The molecule has 0 radical (unpaired) electrons. The van der Waals surface area contributed by atoms with E-state index in [4.69, 9.17) is 0 Å². The number of rotatable bonds is 4. The zero-order valence-corrected chi connectivity index (χ0v) is 11.0. The molecule has 0 spiro atoms. The first-order valence-electron chi connectivity index (χ1n) is 6.34. The van der Waals surface area contributed by atoms with Crippen LogP contribution in [0.1, 0.15) is 24.0 Å². The van der Waals surface area contributed by atoms with Gasteiger partial charge in [0.2, 0.25) is 0 Å². The Morgan fingerprint density at radius 2 is 2.21 bits per heavy atom. The predicted octanol–water partition coefficient (Wildman–Crippen LogP) is 1.94. The van der Waals surface area contributed by atoms with Crippen LogP contribution in [0.3, 0.4) is 0 Å². The van der Waals surface area contributed by atoms with Crippen LogP contribution in [-0.2, 0) is 13.0 Å². The number of H-pyrrole nitrogens is 1. The molecule has 0 amide bonds. The minimum Gasteiger partial charge on any atom is -0.364 e. The first kappa shape index (κ1) is 11.7. The van der Waals surface area contributed by atoms with Gasteiger partial charge in [-0.05, 0) is 19.4 Å². The normalized spacial score (nSPS) is 11.1. The lowest BCUT2D eigenvalue weighted by atomic mass is 10.3. The molecular formula is C13H16N6. The molecule has 2 N–H and O–H groups in total. The van der Waals surface area contributed by atoms with Crippen LogP contribution in [0.4, 0.5) is 5.82 Å². The zero-order chi connectivity index (χ0) is 13.2. The van der Waals surface area contributed by atoms with Gasteiger partial charge in [0.1, 0.15) is 5.82 Å². The Morgan fingerprint density at radius 3 is 2.95 bits per heavy atom. The maximum Gasteiger partial charge on any atom is 0.157 e. The summed E-state index contributed by atoms with van der Waals surface area (Å²) in [5, 5.41) is 14.8. The smallest absolute Gasteiger partial charge is 0.157 e. The average molecular weight is 256 g/mol. The van der Waals surface area contributed by atoms with Gasteiger partial charge >= 0.3 is 0 Å². The molecule has 0 atom stereocenters. The highest BCUT2D eigenvalue weighted by molar-refractivity contribution is 5.49. The van der Waals surface area contributed by atoms with Gasteiger partial charge in [-0.3, -0.25) is 5.10 Å².